The van der Waals surface area contributed by atoms with Gasteiger partial charge >= 0.3 is 0 Å². The Labute approximate surface area is 122 Å². The van der Waals surface area contributed by atoms with Crippen molar-refractivity contribution in [2.75, 3.05) is 0 Å². The molecule has 1 N–H and O–H groups in total. The molecule has 3 rings (SSSR count). The van der Waals surface area contributed by atoms with Gasteiger partial charge in [0.05, 0.1) is 17.3 Å². The lowest BCUT2D eigenvalue weighted by molar-refractivity contribution is 0.458. The summed E-state index contributed by atoms with van der Waals surface area (Å²) in [5, 5.41) is 4.25. The number of hydrogen-bond donors (Lipinski definition) is 1. The molecule has 0 atom stereocenters. The summed E-state index contributed by atoms with van der Waals surface area (Å²) in [5.74, 6) is 2.83. The fourth-order valence-electron chi connectivity index (χ4n) is 1.84. The third-order valence-electron chi connectivity index (χ3n) is 3.07. The van der Waals surface area contributed by atoms with Gasteiger partial charge in [-0.25, -0.2) is 0 Å². The molecule has 1 aliphatic carbocycles. The van der Waals surface area contributed by atoms with Crippen LogP contribution in [0.15, 0.2) is 45.7 Å². The number of hydrogen-bond acceptors (Lipinski definition) is 3. The Morgan fingerprint density at radius 1 is 1.16 bits per heavy atom. The number of nitrogens with one attached hydrogen (secondary N) is 1. The van der Waals surface area contributed by atoms with Gasteiger partial charge in [-0.1, -0.05) is 23.7 Å². The Morgan fingerprint density at radius 2 is 1.95 bits per heavy atom. The van der Waals surface area contributed by atoms with Gasteiger partial charge < -0.3 is 9.73 Å². The molecular formula is C15H16ClNOS. The lowest BCUT2D eigenvalue weighted by atomic mass is 10.4. The van der Waals surface area contributed by atoms with Crippen molar-refractivity contribution in [2.45, 2.75) is 36.1 Å². The van der Waals surface area contributed by atoms with Crippen molar-refractivity contribution in [3.05, 3.63) is 52.9 Å². The highest BCUT2D eigenvalue weighted by molar-refractivity contribution is 7.98. The summed E-state index contributed by atoms with van der Waals surface area (Å²) in [7, 11) is 0. The topological polar surface area (TPSA) is 25.2 Å². The van der Waals surface area contributed by atoms with Crippen molar-refractivity contribution >= 4 is 23.4 Å². The maximum absolute atomic E-state index is 6.13. The van der Waals surface area contributed by atoms with E-state index in [0.717, 1.165) is 33.7 Å². The van der Waals surface area contributed by atoms with E-state index in [2.05, 4.69) is 11.4 Å². The molecule has 0 aliphatic heterocycles. The number of rotatable bonds is 6. The summed E-state index contributed by atoms with van der Waals surface area (Å²) in [6.07, 6.45) is 2.60. The number of thioether (sulfide) groups is 1. The van der Waals surface area contributed by atoms with E-state index in [1.165, 1.54) is 12.8 Å². The molecule has 0 spiro atoms. The molecule has 2 nitrogen and oxygen atoms in total. The zero-order valence-corrected chi connectivity index (χ0v) is 12.1. The van der Waals surface area contributed by atoms with Gasteiger partial charge in [-0.2, -0.15) is 0 Å². The Hall–Kier alpha value is -0.900. The molecule has 0 unspecified atom stereocenters. The van der Waals surface area contributed by atoms with E-state index >= 15 is 0 Å². The number of benzene rings is 1. The molecule has 1 aliphatic rings. The van der Waals surface area contributed by atoms with Gasteiger partial charge in [-0.3, -0.25) is 0 Å². The third-order valence-corrected chi connectivity index (χ3v) is 4.60. The van der Waals surface area contributed by atoms with Gasteiger partial charge in [0.25, 0.3) is 0 Å². The van der Waals surface area contributed by atoms with Crippen LogP contribution in [0.1, 0.15) is 24.4 Å². The van der Waals surface area contributed by atoms with Crippen molar-refractivity contribution < 1.29 is 4.42 Å². The first-order valence-corrected chi connectivity index (χ1v) is 7.86. The molecule has 1 aromatic heterocycles. The minimum atomic E-state index is 0.714. The quantitative estimate of drug-likeness (QED) is 0.795. The average Bonchev–Trinajstić information content (AvgIpc) is 3.14. The van der Waals surface area contributed by atoms with E-state index in [9.17, 15) is 0 Å². The van der Waals surface area contributed by atoms with E-state index in [-0.39, 0.29) is 0 Å². The maximum atomic E-state index is 6.13. The van der Waals surface area contributed by atoms with Crippen molar-refractivity contribution in [3.63, 3.8) is 0 Å². The molecule has 0 bridgehead atoms. The highest BCUT2D eigenvalue weighted by Crippen LogP contribution is 2.29. The van der Waals surface area contributed by atoms with Gasteiger partial charge in [-0.15, -0.1) is 11.8 Å². The summed E-state index contributed by atoms with van der Waals surface area (Å²) >= 11 is 7.83. The minimum Gasteiger partial charge on any atom is -0.464 e. The van der Waals surface area contributed by atoms with E-state index in [1.807, 2.05) is 30.3 Å². The second-order valence-corrected chi connectivity index (χ2v) is 6.17. The van der Waals surface area contributed by atoms with Crippen LogP contribution in [0.3, 0.4) is 0 Å². The van der Waals surface area contributed by atoms with Gasteiger partial charge in [0.2, 0.25) is 0 Å². The first-order chi connectivity index (χ1) is 9.31. The molecule has 19 heavy (non-hydrogen) atoms. The Balaban J connectivity index is 1.53. The summed E-state index contributed by atoms with van der Waals surface area (Å²) in [6, 6.07) is 12.7. The first-order valence-electron chi connectivity index (χ1n) is 6.49. The third kappa shape index (κ3) is 3.78. The fraction of sp³-hybridized carbons (Fsp3) is 0.333. The second kappa shape index (κ2) is 6.04. The molecule has 1 aromatic carbocycles. The highest BCUT2D eigenvalue weighted by atomic mass is 35.5. The normalized spacial score (nSPS) is 14.8. The van der Waals surface area contributed by atoms with Crippen molar-refractivity contribution in [1.82, 2.24) is 5.32 Å². The minimum absolute atomic E-state index is 0.714. The van der Waals surface area contributed by atoms with Crippen LogP contribution in [0.2, 0.25) is 5.02 Å². The van der Waals surface area contributed by atoms with E-state index in [0.29, 0.717) is 6.04 Å². The molecule has 1 saturated carbocycles. The Morgan fingerprint density at radius 3 is 2.74 bits per heavy atom. The molecular weight excluding hydrogens is 278 g/mol. The predicted octanol–water partition coefficient (Wildman–Crippen LogP) is 4.48. The summed E-state index contributed by atoms with van der Waals surface area (Å²) < 4.78 is 5.80. The Bertz CT molecular complexity index is 551. The smallest absolute Gasteiger partial charge is 0.118 e. The van der Waals surface area contributed by atoms with E-state index in [4.69, 9.17) is 16.0 Å². The van der Waals surface area contributed by atoms with Crippen LogP contribution in [-0.4, -0.2) is 6.04 Å². The second-order valence-electron chi connectivity index (χ2n) is 4.74. The van der Waals surface area contributed by atoms with Gasteiger partial charge in [0.1, 0.15) is 11.5 Å². The summed E-state index contributed by atoms with van der Waals surface area (Å²) in [5.41, 5.74) is 0. The van der Waals surface area contributed by atoms with Crippen LogP contribution in [-0.2, 0) is 12.3 Å². The SMILES string of the molecule is Clc1ccccc1SCc1ccc(CNC2CC2)o1. The maximum Gasteiger partial charge on any atom is 0.118 e. The van der Waals surface area contributed by atoms with E-state index in [1.54, 1.807) is 11.8 Å². The molecule has 1 fully saturated rings. The molecule has 2 aromatic rings. The van der Waals surface area contributed by atoms with Crippen LogP contribution in [0.4, 0.5) is 0 Å². The van der Waals surface area contributed by atoms with Crippen LogP contribution < -0.4 is 5.32 Å². The molecule has 4 heteroatoms. The predicted molar refractivity (Wildman–Crippen MR) is 79.6 cm³/mol. The summed E-state index contributed by atoms with van der Waals surface area (Å²) in [4.78, 5) is 1.10. The monoisotopic (exact) mass is 293 g/mol. The molecule has 0 amide bonds. The lowest BCUT2D eigenvalue weighted by Gasteiger charge is -2.02. The van der Waals surface area contributed by atoms with Crippen LogP contribution >= 0.6 is 23.4 Å². The van der Waals surface area contributed by atoms with Crippen molar-refractivity contribution in [1.29, 1.82) is 0 Å². The van der Waals surface area contributed by atoms with Crippen molar-refractivity contribution in [2.24, 2.45) is 0 Å². The van der Waals surface area contributed by atoms with E-state index < -0.39 is 0 Å². The average molecular weight is 294 g/mol. The largest absolute Gasteiger partial charge is 0.464 e. The number of halogens is 1. The van der Waals surface area contributed by atoms with Crippen LogP contribution in [0, 0.1) is 0 Å². The van der Waals surface area contributed by atoms with Gasteiger partial charge in [0, 0.05) is 10.9 Å². The fourth-order valence-corrected chi connectivity index (χ4v) is 2.97. The first kappa shape index (κ1) is 13.1. The molecule has 0 saturated heterocycles. The zero-order valence-electron chi connectivity index (χ0n) is 10.6. The van der Waals surface area contributed by atoms with Crippen LogP contribution in [0.5, 0.6) is 0 Å². The number of furan rings is 1. The molecule has 1 heterocycles. The summed E-state index contributed by atoms with van der Waals surface area (Å²) in [6.45, 7) is 0.835. The highest BCUT2D eigenvalue weighted by Gasteiger charge is 2.20. The Kier molecular flexibility index (Phi) is 4.16. The zero-order chi connectivity index (χ0) is 13.1. The van der Waals surface area contributed by atoms with Crippen molar-refractivity contribution in [3.8, 4) is 0 Å². The van der Waals surface area contributed by atoms with Gasteiger partial charge in [0.15, 0.2) is 0 Å². The van der Waals surface area contributed by atoms with Crippen LogP contribution in [0.25, 0.3) is 0 Å². The molecule has 0 radical (unpaired) electrons. The lowest BCUT2D eigenvalue weighted by Crippen LogP contribution is -2.14. The van der Waals surface area contributed by atoms with Gasteiger partial charge in [-0.05, 0) is 37.1 Å². The standard InChI is InChI=1S/C15H16ClNOS/c16-14-3-1-2-4-15(14)19-10-13-8-7-12(18-13)9-17-11-5-6-11/h1-4,7-8,11,17H,5-6,9-10H2. The molecule has 100 valence electrons.